The summed E-state index contributed by atoms with van der Waals surface area (Å²) in [6.45, 7) is 3.01. The second kappa shape index (κ2) is 11.1. The van der Waals surface area contributed by atoms with Crippen molar-refractivity contribution in [2.24, 2.45) is 0 Å². The van der Waals surface area contributed by atoms with E-state index in [-0.39, 0.29) is 37.5 Å². The summed E-state index contributed by atoms with van der Waals surface area (Å²) in [7, 11) is 0. The van der Waals surface area contributed by atoms with Crippen LogP contribution in [0, 0.1) is 12.3 Å². The number of rotatable bonds is 7. The first-order valence-corrected chi connectivity index (χ1v) is 12.0. The first-order valence-electron chi connectivity index (χ1n) is 12.0. The van der Waals surface area contributed by atoms with Crippen LogP contribution in [0.2, 0.25) is 0 Å². The summed E-state index contributed by atoms with van der Waals surface area (Å²) in [5, 5.41) is 6.10. The maximum Gasteiger partial charge on any atom is 0.334 e. The third-order valence-corrected chi connectivity index (χ3v) is 6.38. The highest BCUT2D eigenvalue weighted by atomic mass is 16.2. The summed E-state index contributed by atoms with van der Waals surface area (Å²) in [6.07, 6.45) is 6.21. The normalized spacial score (nSPS) is 20.4. The Labute approximate surface area is 206 Å². The maximum atomic E-state index is 13.5. The molecule has 0 aliphatic carbocycles. The van der Waals surface area contributed by atoms with Crippen LogP contribution in [0.3, 0.4) is 0 Å². The Balaban J connectivity index is 1.63. The number of carbonyl (C=O) groups excluding carboxylic acids is 3. The molecule has 8 nitrogen and oxygen atoms in total. The Bertz CT molecular complexity index is 1090. The van der Waals surface area contributed by atoms with E-state index in [1.54, 1.807) is 14.8 Å². The van der Waals surface area contributed by atoms with Crippen LogP contribution >= 0.6 is 0 Å². The van der Waals surface area contributed by atoms with Gasteiger partial charge in [0.15, 0.2) is 0 Å². The van der Waals surface area contributed by atoms with E-state index >= 15 is 0 Å². The van der Waals surface area contributed by atoms with Crippen molar-refractivity contribution in [2.45, 2.75) is 45.1 Å². The van der Waals surface area contributed by atoms with Gasteiger partial charge in [0.1, 0.15) is 12.2 Å². The topological polar surface area (TPSA) is 76.2 Å². The van der Waals surface area contributed by atoms with Crippen LogP contribution in [-0.4, -0.2) is 69.5 Å². The number of carbonyl (C=O) groups is 3. The third kappa shape index (κ3) is 5.31. The number of hydrogen-bond donors (Lipinski definition) is 1. The summed E-state index contributed by atoms with van der Waals surface area (Å²) in [5.41, 5.74) is 1.95. The van der Waals surface area contributed by atoms with E-state index in [0.29, 0.717) is 19.5 Å². The Morgan fingerprint density at radius 2 is 1.71 bits per heavy atom. The minimum atomic E-state index is -0.640. The van der Waals surface area contributed by atoms with Crippen molar-refractivity contribution >= 4 is 17.8 Å². The minimum absolute atomic E-state index is 0.0500. The average molecular weight is 474 g/mol. The van der Waals surface area contributed by atoms with Crippen LogP contribution < -0.4 is 5.32 Å². The number of nitrogens with one attached hydrogen (secondary N) is 1. The molecular weight excluding hydrogens is 442 g/mol. The fourth-order valence-corrected chi connectivity index (χ4v) is 4.79. The van der Waals surface area contributed by atoms with Gasteiger partial charge in [-0.2, -0.15) is 5.01 Å². The number of amides is 4. The molecule has 2 fully saturated rings. The van der Waals surface area contributed by atoms with E-state index in [1.807, 2.05) is 67.6 Å². The molecule has 2 saturated heterocycles. The molecule has 35 heavy (non-hydrogen) atoms. The zero-order valence-electron chi connectivity index (χ0n) is 20.0. The van der Waals surface area contributed by atoms with Crippen molar-refractivity contribution in [3.05, 3.63) is 71.8 Å². The van der Waals surface area contributed by atoms with Crippen LogP contribution in [0.5, 0.6) is 0 Å². The molecule has 0 bridgehead atoms. The molecule has 1 N–H and O–H groups in total. The van der Waals surface area contributed by atoms with Crippen molar-refractivity contribution in [1.82, 2.24) is 25.1 Å². The minimum Gasteiger partial charge on any atom is -0.333 e. The molecule has 2 heterocycles. The number of fused-ring (bicyclic) bond motifs is 1. The monoisotopic (exact) mass is 473 g/mol. The molecule has 0 spiro atoms. The highest BCUT2D eigenvalue weighted by Gasteiger charge is 2.50. The number of hydrogen-bond acceptors (Lipinski definition) is 4. The van der Waals surface area contributed by atoms with E-state index < -0.39 is 12.2 Å². The fourth-order valence-electron chi connectivity index (χ4n) is 4.79. The predicted octanol–water partition coefficient (Wildman–Crippen LogP) is 2.43. The number of benzene rings is 2. The van der Waals surface area contributed by atoms with Crippen molar-refractivity contribution in [2.75, 3.05) is 19.6 Å². The summed E-state index contributed by atoms with van der Waals surface area (Å²) < 4.78 is 0. The van der Waals surface area contributed by atoms with Crippen molar-refractivity contribution in [3.63, 3.8) is 0 Å². The van der Waals surface area contributed by atoms with E-state index in [0.717, 1.165) is 17.5 Å². The molecule has 2 atom stereocenters. The molecule has 2 aromatic carbocycles. The lowest BCUT2D eigenvalue weighted by atomic mass is 10.0. The van der Waals surface area contributed by atoms with Crippen LogP contribution in [-0.2, 0) is 22.7 Å². The second-order valence-corrected chi connectivity index (χ2v) is 8.81. The highest BCUT2D eigenvalue weighted by molar-refractivity contribution is 5.91. The standard InChI is InChI=1S/C27H31N5O3/c1-3-11-23-26(34)29(18-22-14-9-6-10-15-22)19-24-31(23)25(33)20-30(16-4-2)32(24)27(35)28-17-21-12-7-5-8-13-21/h2,5-10,12-15,23-24H,3,11,16-20H2,1H3,(H,28,35)/t23-,24-/m0/s1. The second-order valence-electron chi connectivity index (χ2n) is 8.81. The lowest BCUT2D eigenvalue weighted by Gasteiger charge is -2.55. The van der Waals surface area contributed by atoms with Gasteiger partial charge in [0.2, 0.25) is 11.8 Å². The van der Waals surface area contributed by atoms with Crippen LogP contribution in [0.25, 0.3) is 0 Å². The predicted molar refractivity (Wildman–Crippen MR) is 132 cm³/mol. The highest BCUT2D eigenvalue weighted by Crippen LogP contribution is 2.29. The zero-order chi connectivity index (χ0) is 24.8. The fraction of sp³-hybridized carbons (Fsp3) is 0.370. The molecule has 4 rings (SSSR count). The first kappa shape index (κ1) is 24.3. The van der Waals surface area contributed by atoms with Crippen LogP contribution in [0.1, 0.15) is 30.9 Å². The van der Waals surface area contributed by atoms with Gasteiger partial charge in [-0.05, 0) is 17.5 Å². The third-order valence-electron chi connectivity index (χ3n) is 6.38. The molecule has 0 unspecified atom stereocenters. The lowest BCUT2D eigenvalue weighted by molar-refractivity contribution is -0.189. The van der Waals surface area contributed by atoms with Gasteiger partial charge < -0.3 is 15.1 Å². The van der Waals surface area contributed by atoms with Gasteiger partial charge in [0.05, 0.1) is 19.6 Å². The molecule has 0 saturated carbocycles. The molecule has 0 radical (unpaired) electrons. The van der Waals surface area contributed by atoms with Crippen LogP contribution in [0.4, 0.5) is 4.79 Å². The first-order chi connectivity index (χ1) is 17.0. The Kier molecular flexibility index (Phi) is 7.68. The average Bonchev–Trinajstić information content (AvgIpc) is 2.86. The SMILES string of the molecule is C#CCN1CC(=O)N2[C@@H](CCC)C(=O)N(Cc3ccccc3)C[C@@H]2N1C(=O)NCc1ccccc1. The van der Waals surface area contributed by atoms with Gasteiger partial charge in [-0.1, -0.05) is 79.9 Å². The van der Waals surface area contributed by atoms with Crippen LogP contribution in [0.15, 0.2) is 60.7 Å². The number of hydrazine groups is 1. The Morgan fingerprint density at radius 3 is 2.34 bits per heavy atom. The maximum absolute atomic E-state index is 13.5. The summed E-state index contributed by atoms with van der Waals surface area (Å²) in [5.74, 6) is 2.28. The zero-order valence-corrected chi connectivity index (χ0v) is 20.0. The van der Waals surface area contributed by atoms with Crippen molar-refractivity contribution in [1.29, 1.82) is 0 Å². The van der Waals surface area contributed by atoms with Gasteiger partial charge in [0, 0.05) is 13.1 Å². The van der Waals surface area contributed by atoms with E-state index in [4.69, 9.17) is 6.42 Å². The molecule has 2 aromatic rings. The Hall–Kier alpha value is -3.83. The largest absolute Gasteiger partial charge is 0.334 e. The van der Waals surface area contributed by atoms with Gasteiger partial charge >= 0.3 is 6.03 Å². The van der Waals surface area contributed by atoms with Gasteiger partial charge in [-0.25, -0.2) is 9.80 Å². The van der Waals surface area contributed by atoms with E-state index in [1.165, 1.54) is 5.01 Å². The van der Waals surface area contributed by atoms with E-state index in [2.05, 4.69) is 11.2 Å². The molecular formula is C27H31N5O3. The number of terminal acetylenes is 1. The van der Waals surface area contributed by atoms with Gasteiger partial charge in [-0.15, -0.1) is 6.42 Å². The van der Waals surface area contributed by atoms with Gasteiger partial charge in [-0.3, -0.25) is 9.59 Å². The molecule has 182 valence electrons. The smallest absolute Gasteiger partial charge is 0.333 e. The molecule has 4 amide bonds. The van der Waals surface area contributed by atoms with Crippen molar-refractivity contribution < 1.29 is 14.4 Å². The molecule has 2 aliphatic heterocycles. The summed E-state index contributed by atoms with van der Waals surface area (Å²) in [4.78, 5) is 43.6. The number of nitrogens with zero attached hydrogens (tertiary/aromatic N) is 4. The van der Waals surface area contributed by atoms with Crippen molar-refractivity contribution in [3.8, 4) is 12.3 Å². The molecule has 8 heteroatoms. The lowest BCUT2D eigenvalue weighted by Crippen LogP contribution is -2.76. The quantitative estimate of drug-likeness (QED) is 0.627. The molecule has 0 aromatic heterocycles. The Morgan fingerprint density at radius 1 is 1.06 bits per heavy atom. The summed E-state index contributed by atoms with van der Waals surface area (Å²) in [6, 6.07) is 18.4. The molecule has 2 aliphatic rings. The number of urea groups is 1. The van der Waals surface area contributed by atoms with E-state index in [9.17, 15) is 14.4 Å². The summed E-state index contributed by atoms with van der Waals surface area (Å²) >= 11 is 0. The number of piperazine rings is 1. The van der Waals surface area contributed by atoms with Gasteiger partial charge in [0.25, 0.3) is 0 Å².